The van der Waals surface area contributed by atoms with E-state index in [9.17, 15) is 4.79 Å². The van der Waals surface area contributed by atoms with Crippen LogP contribution < -0.4 is 4.74 Å². The Bertz CT molecular complexity index is 974. The van der Waals surface area contributed by atoms with Gasteiger partial charge in [0.25, 0.3) is 0 Å². The van der Waals surface area contributed by atoms with E-state index in [-0.39, 0.29) is 11.2 Å². The summed E-state index contributed by atoms with van der Waals surface area (Å²) in [7, 11) is 1.65. The van der Waals surface area contributed by atoms with E-state index in [2.05, 4.69) is 10.2 Å². The first-order valence-corrected chi connectivity index (χ1v) is 11.0. The van der Waals surface area contributed by atoms with Crippen molar-refractivity contribution in [3.63, 3.8) is 0 Å². The van der Waals surface area contributed by atoms with Gasteiger partial charge in [-0.25, -0.2) is 0 Å². The lowest BCUT2D eigenvalue weighted by molar-refractivity contribution is -0.130. The molecular weight excluding hydrogens is 396 g/mol. The highest BCUT2D eigenvalue weighted by atomic mass is 32.2. The van der Waals surface area contributed by atoms with E-state index < -0.39 is 0 Å². The second-order valence-electron chi connectivity index (χ2n) is 6.85. The predicted octanol–water partition coefficient (Wildman–Crippen LogP) is 4.50. The summed E-state index contributed by atoms with van der Waals surface area (Å²) in [6.07, 6.45) is 0. The average Bonchev–Trinajstić information content (AvgIpc) is 3.19. The Kier molecular flexibility index (Phi) is 7.52. The highest BCUT2D eigenvalue weighted by Crippen LogP contribution is 2.32. The van der Waals surface area contributed by atoms with E-state index in [0.29, 0.717) is 19.6 Å². The highest BCUT2D eigenvalue weighted by Gasteiger charge is 2.24. The maximum Gasteiger partial charge on any atom is 0.236 e. The number of rotatable bonds is 9. The average molecular weight is 425 g/mol. The number of hydrogen-bond acceptors (Lipinski definition) is 5. The Balaban J connectivity index is 1.78. The van der Waals surface area contributed by atoms with Crippen LogP contribution in [0.1, 0.15) is 26.3 Å². The summed E-state index contributed by atoms with van der Waals surface area (Å²) in [6.45, 7) is 7.95. The molecule has 1 atom stereocenters. The zero-order chi connectivity index (χ0) is 21.5. The number of hydrogen-bond donors (Lipinski definition) is 0. The van der Waals surface area contributed by atoms with Crippen LogP contribution in [0.4, 0.5) is 0 Å². The molecule has 0 spiro atoms. The van der Waals surface area contributed by atoms with Crippen LogP contribution in [0.3, 0.4) is 0 Å². The molecule has 1 heterocycles. The van der Waals surface area contributed by atoms with E-state index in [1.165, 1.54) is 11.8 Å². The fraction of sp³-hybridized carbons (Fsp3) is 0.348. The molecule has 2 aromatic carbocycles. The number of methoxy groups -OCH3 is 1. The largest absolute Gasteiger partial charge is 0.496 e. The van der Waals surface area contributed by atoms with Crippen molar-refractivity contribution in [1.29, 1.82) is 0 Å². The molecule has 6 nitrogen and oxygen atoms in total. The molecule has 3 rings (SSSR count). The lowest BCUT2D eigenvalue weighted by atomic mass is 10.2. The third-order valence-electron chi connectivity index (χ3n) is 4.92. The van der Waals surface area contributed by atoms with Gasteiger partial charge in [0.2, 0.25) is 5.91 Å². The monoisotopic (exact) mass is 424 g/mol. The molecule has 0 radical (unpaired) electrons. The lowest BCUT2D eigenvalue weighted by Gasteiger charge is -2.24. The molecule has 0 aliphatic heterocycles. The summed E-state index contributed by atoms with van der Waals surface area (Å²) < 4.78 is 7.51. The molecule has 3 aromatic rings. The van der Waals surface area contributed by atoms with Crippen LogP contribution in [-0.4, -0.2) is 44.5 Å². The van der Waals surface area contributed by atoms with Crippen molar-refractivity contribution in [2.75, 3.05) is 13.7 Å². The van der Waals surface area contributed by atoms with E-state index in [0.717, 1.165) is 27.9 Å². The molecule has 0 bridgehead atoms. The zero-order valence-electron chi connectivity index (χ0n) is 17.9. The van der Waals surface area contributed by atoms with Gasteiger partial charge in [0, 0.05) is 19.6 Å². The summed E-state index contributed by atoms with van der Waals surface area (Å²) in [6, 6.07) is 17.8. The number of aromatic nitrogens is 3. The smallest absolute Gasteiger partial charge is 0.236 e. The number of carbonyl (C=O) groups excluding carboxylic acids is 1. The Labute approximate surface area is 182 Å². The first kappa shape index (κ1) is 21.9. The number of nitrogens with zero attached hydrogens (tertiary/aromatic N) is 4. The zero-order valence-corrected chi connectivity index (χ0v) is 18.7. The summed E-state index contributed by atoms with van der Waals surface area (Å²) in [5, 5.41) is 9.24. The topological polar surface area (TPSA) is 60.3 Å². The minimum absolute atomic E-state index is 0.0934. The van der Waals surface area contributed by atoms with Gasteiger partial charge in [-0.15, -0.1) is 10.2 Å². The number of carbonyl (C=O) groups is 1. The van der Waals surface area contributed by atoms with Crippen molar-refractivity contribution in [2.45, 2.75) is 44.3 Å². The van der Waals surface area contributed by atoms with Gasteiger partial charge >= 0.3 is 0 Å². The fourth-order valence-electron chi connectivity index (χ4n) is 3.30. The molecule has 1 aromatic heterocycles. The van der Waals surface area contributed by atoms with Gasteiger partial charge in [-0.3, -0.25) is 4.79 Å². The van der Waals surface area contributed by atoms with Crippen molar-refractivity contribution in [3.8, 4) is 17.1 Å². The Morgan fingerprint density at radius 1 is 1.10 bits per heavy atom. The quantitative estimate of drug-likeness (QED) is 0.473. The normalized spacial score (nSPS) is 11.9. The SMILES string of the molecule is CCN(Cc1ccccc1)C(=O)C(C)Sc1nnc(-c2ccccc2OC)n1CC. The molecule has 0 N–H and O–H groups in total. The first-order valence-electron chi connectivity index (χ1n) is 10.1. The second-order valence-corrected chi connectivity index (χ2v) is 8.16. The number of thioether (sulfide) groups is 1. The second kappa shape index (κ2) is 10.3. The minimum atomic E-state index is -0.270. The highest BCUT2D eigenvalue weighted by molar-refractivity contribution is 8.00. The summed E-state index contributed by atoms with van der Waals surface area (Å²) in [4.78, 5) is 15.0. The Morgan fingerprint density at radius 3 is 2.47 bits per heavy atom. The van der Waals surface area contributed by atoms with Gasteiger partial charge in [-0.2, -0.15) is 0 Å². The van der Waals surface area contributed by atoms with Crippen molar-refractivity contribution in [1.82, 2.24) is 19.7 Å². The molecule has 0 saturated carbocycles. The Morgan fingerprint density at radius 2 is 1.80 bits per heavy atom. The van der Waals surface area contributed by atoms with Crippen molar-refractivity contribution >= 4 is 17.7 Å². The van der Waals surface area contributed by atoms with Crippen LogP contribution in [-0.2, 0) is 17.9 Å². The van der Waals surface area contributed by atoms with Crippen LogP contribution in [0.2, 0.25) is 0 Å². The van der Waals surface area contributed by atoms with Gasteiger partial charge < -0.3 is 14.2 Å². The maximum absolute atomic E-state index is 13.1. The van der Waals surface area contributed by atoms with Gasteiger partial charge in [0.1, 0.15) is 5.75 Å². The molecular formula is C23H28N4O2S. The molecule has 0 aliphatic carbocycles. The van der Waals surface area contributed by atoms with Gasteiger partial charge in [-0.1, -0.05) is 54.2 Å². The van der Waals surface area contributed by atoms with Crippen LogP contribution >= 0.6 is 11.8 Å². The summed E-state index contributed by atoms with van der Waals surface area (Å²) >= 11 is 1.44. The predicted molar refractivity (Wildman–Crippen MR) is 121 cm³/mol. The van der Waals surface area contributed by atoms with E-state index >= 15 is 0 Å². The maximum atomic E-state index is 13.1. The van der Waals surface area contributed by atoms with Gasteiger partial charge in [-0.05, 0) is 38.5 Å². The molecule has 7 heteroatoms. The third-order valence-corrected chi connectivity index (χ3v) is 5.99. The molecule has 1 unspecified atom stereocenters. The minimum Gasteiger partial charge on any atom is -0.496 e. The van der Waals surface area contributed by atoms with Crippen molar-refractivity contribution in [2.24, 2.45) is 0 Å². The van der Waals surface area contributed by atoms with E-state index in [4.69, 9.17) is 4.74 Å². The lowest BCUT2D eigenvalue weighted by Crippen LogP contribution is -2.36. The first-order chi connectivity index (χ1) is 14.6. The van der Waals surface area contributed by atoms with Crippen LogP contribution in [0.25, 0.3) is 11.4 Å². The van der Waals surface area contributed by atoms with Crippen LogP contribution in [0, 0.1) is 0 Å². The summed E-state index contributed by atoms with van der Waals surface area (Å²) in [5.74, 6) is 1.59. The van der Waals surface area contributed by atoms with Crippen LogP contribution in [0.15, 0.2) is 59.8 Å². The van der Waals surface area contributed by atoms with E-state index in [1.807, 2.05) is 84.8 Å². The molecule has 0 saturated heterocycles. The fourth-order valence-corrected chi connectivity index (χ4v) is 4.30. The third kappa shape index (κ3) is 4.84. The number of amides is 1. The molecule has 0 fully saturated rings. The van der Waals surface area contributed by atoms with Crippen LogP contribution in [0.5, 0.6) is 5.75 Å². The van der Waals surface area contributed by atoms with Gasteiger partial charge in [0.15, 0.2) is 11.0 Å². The van der Waals surface area contributed by atoms with E-state index in [1.54, 1.807) is 7.11 Å². The van der Waals surface area contributed by atoms with Gasteiger partial charge in [0.05, 0.1) is 17.9 Å². The van der Waals surface area contributed by atoms with Crippen molar-refractivity contribution < 1.29 is 9.53 Å². The summed E-state index contributed by atoms with van der Waals surface area (Å²) in [5.41, 5.74) is 2.01. The molecule has 0 aliphatic rings. The van der Waals surface area contributed by atoms with Crippen molar-refractivity contribution in [3.05, 3.63) is 60.2 Å². The number of ether oxygens (including phenoxy) is 1. The molecule has 1 amide bonds. The molecule has 158 valence electrons. The number of benzene rings is 2. The molecule has 30 heavy (non-hydrogen) atoms. The standard InChI is InChI=1S/C23H28N4O2S/c1-5-26(16-18-12-8-7-9-13-18)22(28)17(3)30-23-25-24-21(27(23)6-2)19-14-10-11-15-20(19)29-4/h7-15,17H,5-6,16H2,1-4H3. The Hall–Kier alpha value is -2.80. The number of para-hydroxylation sites is 1.